The maximum absolute atomic E-state index is 12.3. The highest BCUT2D eigenvalue weighted by Gasteiger charge is 2.25. The Morgan fingerprint density at radius 1 is 1.24 bits per heavy atom. The Morgan fingerprint density at radius 3 is 2.56 bits per heavy atom. The molecule has 1 aromatic heterocycles. The number of aryl methyl sites for hydroxylation is 2. The number of amides is 2. The van der Waals surface area contributed by atoms with Crippen molar-refractivity contribution in [3.05, 3.63) is 35.7 Å². The fraction of sp³-hybridized carbons (Fsp3) is 0.444. The molecule has 0 saturated carbocycles. The standard InChI is InChI=1S/C18H22N4O3/c1-12-2-4-14(5-3-12)18-20-15(25-21-18)6-7-16(23)22-10-8-13(9-11-22)17(19)24/h2-5,13H,6-11H2,1H3,(H2,19,24). The Balaban J connectivity index is 1.51. The number of rotatable bonds is 5. The molecule has 7 heteroatoms. The normalized spacial score (nSPS) is 15.3. The number of likely N-dealkylation sites (tertiary alicyclic amines) is 1. The highest BCUT2D eigenvalue weighted by molar-refractivity contribution is 5.79. The van der Waals surface area contributed by atoms with E-state index in [1.54, 1.807) is 4.90 Å². The van der Waals surface area contributed by atoms with Crippen molar-refractivity contribution in [2.75, 3.05) is 13.1 Å². The molecule has 2 heterocycles. The molecule has 0 spiro atoms. The highest BCUT2D eigenvalue weighted by atomic mass is 16.5. The van der Waals surface area contributed by atoms with Gasteiger partial charge < -0.3 is 15.2 Å². The molecule has 3 rings (SSSR count). The van der Waals surface area contributed by atoms with Crippen molar-refractivity contribution in [3.8, 4) is 11.4 Å². The second-order valence-corrected chi connectivity index (χ2v) is 6.44. The van der Waals surface area contributed by atoms with E-state index in [1.807, 2.05) is 31.2 Å². The van der Waals surface area contributed by atoms with Crippen LogP contribution in [0.3, 0.4) is 0 Å². The van der Waals surface area contributed by atoms with Crippen LogP contribution in [-0.2, 0) is 16.0 Å². The topological polar surface area (TPSA) is 102 Å². The third kappa shape index (κ3) is 4.23. The molecule has 0 unspecified atom stereocenters. The zero-order valence-corrected chi connectivity index (χ0v) is 14.3. The summed E-state index contributed by atoms with van der Waals surface area (Å²) in [5, 5.41) is 3.97. The lowest BCUT2D eigenvalue weighted by molar-refractivity contribution is -0.134. The summed E-state index contributed by atoms with van der Waals surface area (Å²) in [6.45, 7) is 3.17. The molecule has 0 aliphatic carbocycles. The van der Waals surface area contributed by atoms with Gasteiger partial charge in [0.1, 0.15) is 0 Å². The molecule has 2 amide bonds. The van der Waals surface area contributed by atoms with Crippen molar-refractivity contribution in [1.29, 1.82) is 0 Å². The molecule has 2 aromatic rings. The van der Waals surface area contributed by atoms with Crippen molar-refractivity contribution < 1.29 is 14.1 Å². The van der Waals surface area contributed by atoms with Gasteiger partial charge in [-0.3, -0.25) is 9.59 Å². The third-order valence-electron chi connectivity index (χ3n) is 4.58. The number of nitrogens with two attached hydrogens (primary N) is 1. The molecule has 2 N–H and O–H groups in total. The van der Waals surface area contributed by atoms with E-state index in [1.165, 1.54) is 0 Å². The van der Waals surface area contributed by atoms with Gasteiger partial charge in [-0.2, -0.15) is 4.98 Å². The van der Waals surface area contributed by atoms with Gasteiger partial charge in [0, 0.05) is 37.4 Å². The Morgan fingerprint density at radius 2 is 1.92 bits per heavy atom. The van der Waals surface area contributed by atoms with Crippen molar-refractivity contribution >= 4 is 11.8 Å². The fourth-order valence-corrected chi connectivity index (χ4v) is 2.96. The molecule has 1 aliphatic heterocycles. The minimum atomic E-state index is -0.276. The van der Waals surface area contributed by atoms with E-state index >= 15 is 0 Å². The van der Waals surface area contributed by atoms with Gasteiger partial charge in [0.2, 0.25) is 23.5 Å². The lowest BCUT2D eigenvalue weighted by Crippen LogP contribution is -2.41. The van der Waals surface area contributed by atoms with E-state index in [4.69, 9.17) is 10.3 Å². The molecule has 0 bridgehead atoms. The number of carbonyl (C=O) groups excluding carboxylic acids is 2. The number of aromatic nitrogens is 2. The summed E-state index contributed by atoms with van der Waals surface area (Å²) in [4.78, 5) is 29.6. The van der Waals surface area contributed by atoms with Crippen LogP contribution in [0.4, 0.5) is 0 Å². The van der Waals surface area contributed by atoms with Crippen molar-refractivity contribution in [1.82, 2.24) is 15.0 Å². The van der Waals surface area contributed by atoms with Gasteiger partial charge in [0.15, 0.2) is 0 Å². The zero-order valence-electron chi connectivity index (χ0n) is 14.3. The summed E-state index contributed by atoms with van der Waals surface area (Å²) in [5.74, 6) is 0.636. The van der Waals surface area contributed by atoms with Crippen molar-refractivity contribution in [3.63, 3.8) is 0 Å². The highest BCUT2D eigenvalue weighted by Crippen LogP contribution is 2.19. The number of piperidine rings is 1. The minimum Gasteiger partial charge on any atom is -0.369 e. The number of benzene rings is 1. The first kappa shape index (κ1) is 17.1. The molecule has 25 heavy (non-hydrogen) atoms. The molecular formula is C18H22N4O3. The van der Waals surface area contributed by atoms with Gasteiger partial charge in [-0.15, -0.1) is 0 Å². The first-order valence-corrected chi connectivity index (χ1v) is 8.49. The van der Waals surface area contributed by atoms with Crippen LogP contribution in [-0.4, -0.2) is 39.9 Å². The molecule has 0 radical (unpaired) electrons. The Kier molecular flexibility index (Phi) is 5.11. The molecule has 1 aromatic carbocycles. The van der Waals surface area contributed by atoms with E-state index in [0.29, 0.717) is 50.5 Å². The number of nitrogens with zero attached hydrogens (tertiary/aromatic N) is 3. The Hall–Kier alpha value is -2.70. The molecule has 1 saturated heterocycles. The lowest BCUT2D eigenvalue weighted by atomic mass is 9.96. The molecule has 7 nitrogen and oxygen atoms in total. The molecular weight excluding hydrogens is 320 g/mol. The van der Waals surface area contributed by atoms with Gasteiger partial charge in [-0.1, -0.05) is 35.0 Å². The first-order chi connectivity index (χ1) is 12.0. The average Bonchev–Trinajstić information content (AvgIpc) is 3.09. The summed E-state index contributed by atoms with van der Waals surface area (Å²) in [6.07, 6.45) is 2.00. The monoisotopic (exact) mass is 342 g/mol. The van der Waals surface area contributed by atoms with Crippen LogP contribution in [0.2, 0.25) is 0 Å². The van der Waals surface area contributed by atoms with E-state index in [-0.39, 0.29) is 17.7 Å². The maximum Gasteiger partial charge on any atom is 0.227 e. The van der Waals surface area contributed by atoms with Gasteiger partial charge >= 0.3 is 0 Å². The second kappa shape index (κ2) is 7.46. The average molecular weight is 342 g/mol. The van der Waals surface area contributed by atoms with E-state index in [0.717, 1.165) is 11.1 Å². The number of carbonyl (C=O) groups is 2. The largest absolute Gasteiger partial charge is 0.369 e. The van der Waals surface area contributed by atoms with E-state index in [2.05, 4.69) is 10.1 Å². The van der Waals surface area contributed by atoms with Crippen molar-refractivity contribution in [2.45, 2.75) is 32.6 Å². The van der Waals surface area contributed by atoms with E-state index < -0.39 is 0 Å². The summed E-state index contributed by atoms with van der Waals surface area (Å²) < 4.78 is 5.24. The van der Waals surface area contributed by atoms with E-state index in [9.17, 15) is 9.59 Å². The number of hydrogen-bond acceptors (Lipinski definition) is 5. The van der Waals surface area contributed by atoms with Gasteiger partial charge in [0.25, 0.3) is 0 Å². The van der Waals surface area contributed by atoms with Crippen LogP contribution in [0.5, 0.6) is 0 Å². The Bertz CT molecular complexity index is 746. The molecule has 132 valence electrons. The zero-order chi connectivity index (χ0) is 17.8. The second-order valence-electron chi connectivity index (χ2n) is 6.44. The minimum absolute atomic E-state index is 0.0398. The van der Waals surface area contributed by atoms with Crippen LogP contribution in [0.15, 0.2) is 28.8 Å². The number of primary amides is 1. The van der Waals surface area contributed by atoms with Gasteiger partial charge in [-0.25, -0.2) is 0 Å². The van der Waals surface area contributed by atoms with Crippen LogP contribution < -0.4 is 5.73 Å². The van der Waals surface area contributed by atoms with Gasteiger partial charge in [0.05, 0.1) is 0 Å². The van der Waals surface area contributed by atoms with Gasteiger partial charge in [-0.05, 0) is 19.8 Å². The summed E-state index contributed by atoms with van der Waals surface area (Å²) in [6, 6.07) is 7.87. The smallest absolute Gasteiger partial charge is 0.227 e. The number of hydrogen-bond donors (Lipinski definition) is 1. The SMILES string of the molecule is Cc1ccc(-c2noc(CCC(=O)N3CCC(C(N)=O)CC3)n2)cc1. The van der Waals surface area contributed by atoms with Crippen molar-refractivity contribution in [2.24, 2.45) is 11.7 Å². The lowest BCUT2D eigenvalue weighted by Gasteiger charge is -2.30. The summed E-state index contributed by atoms with van der Waals surface area (Å²) in [5.41, 5.74) is 7.37. The molecule has 1 fully saturated rings. The maximum atomic E-state index is 12.3. The fourth-order valence-electron chi connectivity index (χ4n) is 2.96. The molecule has 0 atom stereocenters. The first-order valence-electron chi connectivity index (χ1n) is 8.49. The van der Waals surface area contributed by atoms with Crippen LogP contribution in [0, 0.1) is 12.8 Å². The molecule has 1 aliphatic rings. The quantitative estimate of drug-likeness (QED) is 0.891. The predicted octanol–water partition coefficient (Wildman–Crippen LogP) is 1.70. The Labute approximate surface area is 146 Å². The van der Waals surface area contributed by atoms with Crippen LogP contribution in [0.1, 0.15) is 30.7 Å². The van der Waals surface area contributed by atoms with Crippen LogP contribution in [0.25, 0.3) is 11.4 Å². The summed E-state index contributed by atoms with van der Waals surface area (Å²) in [7, 11) is 0. The predicted molar refractivity (Wildman–Crippen MR) is 91.3 cm³/mol. The summed E-state index contributed by atoms with van der Waals surface area (Å²) >= 11 is 0. The van der Waals surface area contributed by atoms with Crippen LogP contribution >= 0.6 is 0 Å². The third-order valence-corrected chi connectivity index (χ3v) is 4.58.